The molecule has 13 heteroatoms. The van der Waals surface area contributed by atoms with Crippen LogP contribution in [0, 0.1) is 0 Å². The summed E-state index contributed by atoms with van der Waals surface area (Å²) in [5.41, 5.74) is 1.59. The second-order valence-corrected chi connectivity index (χ2v) is 10.4. The fraction of sp³-hybridized carbons (Fsp3) is 0.385. The zero-order valence-electron chi connectivity index (χ0n) is 21.6. The molecule has 1 aliphatic heterocycles. The number of carbonyl (C=O) groups excluding carboxylic acids is 3. The zero-order chi connectivity index (χ0) is 27.6. The molecule has 4 rings (SSSR count). The van der Waals surface area contributed by atoms with E-state index in [2.05, 4.69) is 27.1 Å². The molecule has 1 atom stereocenters. The Balaban J connectivity index is 1.34. The van der Waals surface area contributed by atoms with Gasteiger partial charge in [-0.15, -0.1) is 28.1 Å². The standard InChI is InChI=1S/C26H30N6O5S2/c1-3-12-32-21(29-30-25(32)39-17-22(33)36-4-2)14-19-16-38-24(27-19)28-23(34)20-11-8-13-31(20)26(35)37-15-18-9-6-5-7-10-18/h3,5-7,9-10,16,20H,1,4,8,11-15,17H2,2H3,(H,27,28,34)/t20-/m0/s1. The van der Waals surface area contributed by atoms with Gasteiger partial charge < -0.3 is 19.4 Å². The number of amides is 2. The van der Waals surface area contributed by atoms with Gasteiger partial charge in [-0.2, -0.15) is 0 Å². The largest absolute Gasteiger partial charge is 0.465 e. The first kappa shape index (κ1) is 28.3. The Morgan fingerprint density at radius 1 is 1.23 bits per heavy atom. The van der Waals surface area contributed by atoms with Gasteiger partial charge in [0.25, 0.3) is 0 Å². The van der Waals surface area contributed by atoms with E-state index in [1.54, 1.807) is 13.0 Å². The van der Waals surface area contributed by atoms with E-state index >= 15 is 0 Å². The summed E-state index contributed by atoms with van der Waals surface area (Å²) in [5, 5.41) is 14.2. The molecule has 1 saturated heterocycles. The Morgan fingerprint density at radius 2 is 2.05 bits per heavy atom. The minimum Gasteiger partial charge on any atom is -0.465 e. The summed E-state index contributed by atoms with van der Waals surface area (Å²) >= 11 is 2.55. The summed E-state index contributed by atoms with van der Waals surface area (Å²) in [6, 6.07) is 8.80. The lowest BCUT2D eigenvalue weighted by Crippen LogP contribution is -2.43. The summed E-state index contributed by atoms with van der Waals surface area (Å²) in [5.74, 6) is 0.182. The van der Waals surface area contributed by atoms with Crippen molar-refractivity contribution in [1.29, 1.82) is 0 Å². The van der Waals surface area contributed by atoms with Crippen molar-refractivity contribution >= 4 is 46.2 Å². The smallest absolute Gasteiger partial charge is 0.410 e. The third kappa shape index (κ3) is 7.67. The first-order valence-electron chi connectivity index (χ1n) is 12.5. The van der Waals surface area contributed by atoms with Crippen LogP contribution in [0.3, 0.4) is 0 Å². The molecule has 0 radical (unpaired) electrons. The van der Waals surface area contributed by atoms with E-state index in [0.29, 0.717) is 54.3 Å². The molecule has 1 N–H and O–H groups in total. The first-order valence-corrected chi connectivity index (χ1v) is 14.4. The molecule has 2 aromatic heterocycles. The molecule has 3 aromatic rings. The second-order valence-electron chi connectivity index (χ2n) is 8.59. The maximum atomic E-state index is 13.0. The molecule has 11 nitrogen and oxygen atoms in total. The molecule has 39 heavy (non-hydrogen) atoms. The van der Waals surface area contributed by atoms with Gasteiger partial charge in [0, 0.05) is 18.5 Å². The molecule has 3 heterocycles. The van der Waals surface area contributed by atoms with Crippen LogP contribution in [0.1, 0.15) is 36.8 Å². The Bertz CT molecular complexity index is 1300. The minimum atomic E-state index is -0.615. The Morgan fingerprint density at radius 3 is 2.82 bits per heavy atom. The number of rotatable bonds is 12. The number of benzene rings is 1. The van der Waals surface area contributed by atoms with E-state index in [-0.39, 0.29) is 24.2 Å². The monoisotopic (exact) mass is 570 g/mol. The highest BCUT2D eigenvalue weighted by Gasteiger charge is 2.35. The molecule has 0 spiro atoms. The average Bonchev–Trinajstić information content (AvgIpc) is 3.68. The van der Waals surface area contributed by atoms with Gasteiger partial charge in [0.05, 0.1) is 24.5 Å². The summed E-state index contributed by atoms with van der Waals surface area (Å²) in [6.45, 7) is 6.96. The normalized spacial score (nSPS) is 14.7. The number of thiazole rings is 1. The zero-order valence-corrected chi connectivity index (χ0v) is 23.2. The first-order chi connectivity index (χ1) is 19.0. The highest BCUT2D eigenvalue weighted by atomic mass is 32.2. The summed E-state index contributed by atoms with van der Waals surface area (Å²) in [4.78, 5) is 43.4. The van der Waals surface area contributed by atoms with Crippen molar-refractivity contribution in [2.45, 2.75) is 50.5 Å². The molecule has 206 valence electrons. The Hall–Kier alpha value is -3.71. The number of hydrogen-bond acceptors (Lipinski definition) is 10. The van der Waals surface area contributed by atoms with Crippen LogP contribution in [-0.4, -0.2) is 67.6 Å². The molecule has 0 unspecified atom stereocenters. The van der Waals surface area contributed by atoms with E-state index in [9.17, 15) is 14.4 Å². The molecule has 1 fully saturated rings. The van der Waals surface area contributed by atoms with Crippen LogP contribution in [0.5, 0.6) is 0 Å². The van der Waals surface area contributed by atoms with Crippen molar-refractivity contribution in [3.05, 3.63) is 65.4 Å². The van der Waals surface area contributed by atoms with Gasteiger partial charge in [-0.05, 0) is 25.3 Å². The van der Waals surface area contributed by atoms with Crippen molar-refractivity contribution in [2.24, 2.45) is 0 Å². The van der Waals surface area contributed by atoms with E-state index in [1.807, 2.05) is 40.3 Å². The topological polar surface area (TPSA) is 129 Å². The number of carbonyl (C=O) groups is 3. The van der Waals surface area contributed by atoms with Gasteiger partial charge in [-0.25, -0.2) is 9.78 Å². The lowest BCUT2D eigenvalue weighted by Gasteiger charge is -2.22. The number of nitrogens with one attached hydrogen (secondary N) is 1. The average molecular weight is 571 g/mol. The number of aromatic nitrogens is 4. The van der Waals surface area contributed by atoms with Crippen molar-refractivity contribution in [2.75, 3.05) is 24.2 Å². The van der Waals surface area contributed by atoms with Crippen LogP contribution in [0.25, 0.3) is 0 Å². The summed E-state index contributed by atoms with van der Waals surface area (Å²) in [7, 11) is 0. The number of anilines is 1. The van der Waals surface area contributed by atoms with E-state index in [4.69, 9.17) is 9.47 Å². The number of likely N-dealkylation sites (tertiary alicyclic amines) is 1. The quantitative estimate of drug-likeness (QED) is 0.196. The van der Waals surface area contributed by atoms with E-state index < -0.39 is 12.1 Å². The van der Waals surface area contributed by atoms with Crippen molar-refractivity contribution in [3.8, 4) is 0 Å². The van der Waals surface area contributed by atoms with Crippen LogP contribution < -0.4 is 5.32 Å². The third-order valence-electron chi connectivity index (χ3n) is 5.85. The molecule has 1 aromatic carbocycles. The molecule has 2 amide bonds. The number of esters is 1. The van der Waals surface area contributed by atoms with Crippen molar-refractivity contribution in [3.63, 3.8) is 0 Å². The van der Waals surface area contributed by atoms with Crippen LogP contribution in [-0.2, 0) is 38.6 Å². The number of nitrogens with zero attached hydrogens (tertiary/aromatic N) is 5. The van der Waals surface area contributed by atoms with Crippen LogP contribution in [0.4, 0.5) is 9.93 Å². The maximum absolute atomic E-state index is 13.0. The predicted octanol–water partition coefficient (Wildman–Crippen LogP) is 3.91. The molecular formula is C26H30N6O5S2. The van der Waals surface area contributed by atoms with E-state index in [1.165, 1.54) is 28.0 Å². The van der Waals surface area contributed by atoms with Gasteiger partial charge in [0.2, 0.25) is 5.91 Å². The molecule has 0 bridgehead atoms. The number of allylic oxidation sites excluding steroid dienone is 1. The highest BCUT2D eigenvalue weighted by Crippen LogP contribution is 2.24. The number of ether oxygens (including phenoxy) is 2. The lowest BCUT2D eigenvalue weighted by molar-refractivity contribution is -0.139. The van der Waals surface area contributed by atoms with Crippen molar-refractivity contribution < 1.29 is 23.9 Å². The van der Waals surface area contributed by atoms with Gasteiger partial charge in [-0.1, -0.05) is 48.2 Å². The predicted molar refractivity (Wildman–Crippen MR) is 147 cm³/mol. The lowest BCUT2D eigenvalue weighted by atomic mass is 10.2. The van der Waals surface area contributed by atoms with Gasteiger partial charge >= 0.3 is 12.1 Å². The fourth-order valence-corrected chi connectivity index (χ4v) is 5.53. The van der Waals surface area contributed by atoms with Crippen LogP contribution in [0.2, 0.25) is 0 Å². The van der Waals surface area contributed by atoms with Gasteiger partial charge in [-0.3, -0.25) is 14.5 Å². The SMILES string of the molecule is C=CCn1c(Cc2csc(NC(=O)[C@@H]3CCCN3C(=O)OCc3ccccc3)n2)nnc1SCC(=O)OCC. The molecule has 0 saturated carbocycles. The Kier molecular flexibility index (Phi) is 10.1. The van der Waals surface area contributed by atoms with E-state index in [0.717, 1.165) is 12.0 Å². The minimum absolute atomic E-state index is 0.133. The molecule has 0 aliphatic carbocycles. The summed E-state index contributed by atoms with van der Waals surface area (Å²) < 4.78 is 12.3. The summed E-state index contributed by atoms with van der Waals surface area (Å²) in [6.07, 6.45) is 2.88. The third-order valence-corrected chi connectivity index (χ3v) is 7.59. The molecular weight excluding hydrogens is 540 g/mol. The highest BCUT2D eigenvalue weighted by molar-refractivity contribution is 7.99. The van der Waals surface area contributed by atoms with Crippen LogP contribution >= 0.6 is 23.1 Å². The Labute approximate surface area is 234 Å². The number of hydrogen-bond donors (Lipinski definition) is 1. The number of thioether (sulfide) groups is 1. The molecule has 1 aliphatic rings. The maximum Gasteiger partial charge on any atom is 0.410 e. The van der Waals surface area contributed by atoms with Gasteiger partial charge in [0.15, 0.2) is 10.3 Å². The van der Waals surface area contributed by atoms with Crippen molar-refractivity contribution in [1.82, 2.24) is 24.6 Å². The van der Waals surface area contributed by atoms with Crippen LogP contribution in [0.15, 0.2) is 53.5 Å². The second kappa shape index (κ2) is 13.9. The van der Waals surface area contributed by atoms with Gasteiger partial charge in [0.1, 0.15) is 18.5 Å². The fourth-order valence-electron chi connectivity index (χ4n) is 4.05.